The molecular formula is C21H26ClNO3. The highest BCUT2D eigenvalue weighted by molar-refractivity contribution is 6.34. The zero-order valence-electron chi connectivity index (χ0n) is 15.1. The van der Waals surface area contributed by atoms with Crippen molar-refractivity contribution in [3.8, 4) is 16.9 Å². The third kappa shape index (κ3) is 4.38. The van der Waals surface area contributed by atoms with E-state index in [-0.39, 0.29) is 12.7 Å². The van der Waals surface area contributed by atoms with Gasteiger partial charge in [0.2, 0.25) is 0 Å². The van der Waals surface area contributed by atoms with Crippen molar-refractivity contribution in [1.82, 2.24) is 4.90 Å². The predicted octanol–water partition coefficient (Wildman–Crippen LogP) is 3.64. The zero-order valence-corrected chi connectivity index (χ0v) is 15.9. The molecule has 0 aromatic heterocycles. The van der Waals surface area contributed by atoms with E-state index in [1.807, 2.05) is 43.3 Å². The van der Waals surface area contributed by atoms with Gasteiger partial charge in [-0.15, -0.1) is 0 Å². The number of hydrogen-bond donors (Lipinski definition) is 2. The second-order valence-corrected chi connectivity index (χ2v) is 7.19. The zero-order chi connectivity index (χ0) is 18.5. The molecule has 0 aliphatic carbocycles. The number of halogens is 1. The molecule has 2 aromatic rings. The molecule has 1 atom stereocenters. The Labute approximate surface area is 160 Å². The monoisotopic (exact) mass is 375 g/mol. The SMILES string of the molecule is Cc1c(CO)cccc1-c1cccc(OCCCN2CCC(O)C2)c1Cl. The fourth-order valence-electron chi connectivity index (χ4n) is 3.46. The molecule has 1 aliphatic rings. The minimum absolute atomic E-state index is 0.0126. The average molecular weight is 376 g/mol. The fourth-order valence-corrected chi connectivity index (χ4v) is 3.74. The lowest BCUT2D eigenvalue weighted by atomic mass is 9.96. The van der Waals surface area contributed by atoms with Gasteiger partial charge in [-0.05, 0) is 42.5 Å². The van der Waals surface area contributed by atoms with Crippen molar-refractivity contribution < 1.29 is 14.9 Å². The molecule has 1 aliphatic heterocycles. The summed E-state index contributed by atoms with van der Waals surface area (Å²) in [5, 5.41) is 19.6. The van der Waals surface area contributed by atoms with E-state index in [0.29, 0.717) is 17.4 Å². The van der Waals surface area contributed by atoms with Crippen LogP contribution >= 0.6 is 11.6 Å². The molecular weight excluding hydrogens is 350 g/mol. The second-order valence-electron chi connectivity index (χ2n) is 6.81. The molecule has 1 saturated heterocycles. The molecule has 1 unspecified atom stereocenters. The van der Waals surface area contributed by atoms with Crippen LogP contribution in [0.5, 0.6) is 5.75 Å². The molecule has 0 radical (unpaired) electrons. The number of rotatable bonds is 7. The van der Waals surface area contributed by atoms with E-state index in [4.69, 9.17) is 16.3 Å². The topological polar surface area (TPSA) is 52.9 Å². The van der Waals surface area contributed by atoms with Crippen molar-refractivity contribution in [1.29, 1.82) is 0 Å². The summed E-state index contributed by atoms with van der Waals surface area (Å²) in [6, 6.07) is 11.7. The first-order chi connectivity index (χ1) is 12.6. The molecule has 26 heavy (non-hydrogen) atoms. The lowest BCUT2D eigenvalue weighted by molar-refractivity contribution is 0.173. The maximum absolute atomic E-state index is 9.56. The Morgan fingerprint density at radius 3 is 2.69 bits per heavy atom. The molecule has 5 heteroatoms. The van der Waals surface area contributed by atoms with Crippen LogP contribution < -0.4 is 4.74 Å². The van der Waals surface area contributed by atoms with Crippen molar-refractivity contribution in [3.63, 3.8) is 0 Å². The Morgan fingerprint density at radius 2 is 1.96 bits per heavy atom. The summed E-state index contributed by atoms with van der Waals surface area (Å²) >= 11 is 6.61. The summed E-state index contributed by atoms with van der Waals surface area (Å²) in [6.45, 7) is 5.24. The Hall–Kier alpha value is -1.59. The number of benzene rings is 2. The smallest absolute Gasteiger partial charge is 0.138 e. The molecule has 0 bridgehead atoms. The maximum Gasteiger partial charge on any atom is 0.138 e. The molecule has 4 nitrogen and oxygen atoms in total. The molecule has 140 valence electrons. The van der Waals surface area contributed by atoms with Gasteiger partial charge in [0.05, 0.1) is 24.3 Å². The van der Waals surface area contributed by atoms with Crippen molar-refractivity contribution in [2.45, 2.75) is 32.5 Å². The highest BCUT2D eigenvalue weighted by Crippen LogP contribution is 2.37. The minimum Gasteiger partial charge on any atom is -0.492 e. The van der Waals surface area contributed by atoms with Crippen molar-refractivity contribution in [2.24, 2.45) is 0 Å². The first-order valence-corrected chi connectivity index (χ1v) is 9.49. The normalized spacial score (nSPS) is 17.6. The number of nitrogens with zero attached hydrogens (tertiary/aromatic N) is 1. The largest absolute Gasteiger partial charge is 0.492 e. The van der Waals surface area contributed by atoms with Crippen molar-refractivity contribution in [2.75, 3.05) is 26.2 Å². The van der Waals surface area contributed by atoms with E-state index in [1.54, 1.807) is 0 Å². The third-order valence-electron chi connectivity index (χ3n) is 4.99. The van der Waals surface area contributed by atoms with Crippen LogP contribution in [-0.4, -0.2) is 47.5 Å². The van der Waals surface area contributed by atoms with Gasteiger partial charge in [0, 0.05) is 25.2 Å². The maximum atomic E-state index is 9.56. The van der Waals surface area contributed by atoms with Gasteiger partial charge in [-0.25, -0.2) is 0 Å². The fraction of sp³-hybridized carbons (Fsp3) is 0.429. The van der Waals surface area contributed by atoms with Gasteiger partial charge in [-0.2, -0.15) is 0 Å². The quantitative estimate of drug-likeness (QED) is 0.725. The molecule has 0 spiro atoms. The van der Waals surface area contributed by atoms with E-state index < -0.39 is 0 Å². The van der Waals surface area contributed by atoms with Gasteiger partial charge >= 0.3 is 0 Å². The average Bonchev–Trinajstić information content (AvgIpc) is 3.06. The number of hydrogen-bond acceptors (Lipinski definition) is 4. The molecule has 2 N–H and O–H groups in total. The molecule has 0 amide bonds. The summed E-state index contributed by atoms with van der Waals surface area (Å²) in [7, 11) is 0. The van der Waals surface area contributed by atoms with Crippen LogP contribution in [0, 0.1) is 6.92 Å². The summed E-state index contributed by atoms with van der Waals surface area (Å²) in [6.07, 6.45) is 1.58. The van der Waals surface area contributed by atoms with Gasteiger partial charge in [0.15, 0.2) is 0 Å². The van der Waals surface area contributed by atoms with Crippen LogP contribution in [0.15, 0.2) is 36.4 Å². The van der Waals surface area contributed by atoms with Crippen LogP contribution in [0.1, 0.15) is 24.0 Å². The van der Waals surface area contributed by atoms with Gasteiger partial charge in [-0.1, -0.05) is 41.9 Å². The van der Waals surface area contributed by atoms with Crippen LogP contribution in [-0.2, 0) is 6.61 Å². The van der Waals surface area contributed by atoms with Gasteiger partial charge in [-0.3, -0.25) is 0 Å². The molecule has 0 saturated carbocycles. The second kappa shape index (κ2) is 8.87. The summed E-state index contributed by atoms with van der Waals surface area (Å²) in [5.74, 6) is 0.680. The Balaban J connectivity index is 1.66. The lowest BCUT2D eigenvalue weighted by Gasteiger charge is -2.16. The number of aliphatic hydroxyl groups excluding tert-OH is 2. The van der Waals surface area contributed by atoms with Crippen LogP contribution in [0.3, 0.4) is 0 Å². The molecule has 1 heterocycles. The standard InChI is InChI=1S/C21H26ClNO3/c1-15-16(14-24)5-2-6-18(15)19-7-3-8-20(21(19)22)26-12-4-10-23-11-9-17(25)13-23/h2-3,5-8,17,24-25H,4,9-14H2,1H3. The number of β-amino-alcohol motifs (C(OH)–C–C–N with tert-alkyl or cyclic N) is 1. The highest BCUT2D eigenvalue weighted by atomic mass is 35.5. The van der Waals surface area contributed by atoms with E-state index in [1.165, 1.54) is 0 Å². The van der Waals surface area contributed by atoms with Gasteiger partial charge < -0.3 is 19.8 Å². The van der Waals surface area contributed by atoms with Crippen LogP contribution in [0.2, 0.25) is 5.02 Å². The van der Waals surface area contributed by atoms with E-state index in [0.717, 1.165) is 54.7 Å². The van der Waals surface area contributed by atoms with E-state index >= 15 is 0 Å². The van der Waals surface area contributed by atoms with Gasteiger partial charge in [0.1, 0.15) is 5.75 Å². The summed E-state index contributed by atoms with van der Waals surface area (Å²) in [4.78, 5) is 2.26. The number of ether oxygens (including phenoxy) is 1. The van der Waals surface area contributed by atoms with Crippen LogP contribution in [0.4, 0.5) is 0 Å². The van der Waals surface area contributed by atoms with Crippen molar-refractivity contribution >= 4 is 11.6 Å². The Morgan fingerprint density at radius 1 is 1.19 bits per heavy atom. The molecule has 1 fully saturated rings. The van der Waals surface area contributed by atoms with E-state index in [2.05, 4.69) is 4.90 Å². The molecule has 2 aromatic carbocycles. The Bertz CT molecular complexity index is 750. The predicted molar refractivity (Wildman–Crippen MR) is 105 cm³/mol. The van der Waals surface area contributed by atoms with Crippen molar-refractivity contribution in [3.05, 3.63) is 52.5 Å². The lowest BCUT2D eigenvalue weighted by Crippen LogP contribution is -2.24. The summed E-state index contributed by atoms with van der Waals surface area (Å²) in [5.41, 5.74) is 3.86. The molecule has 3 rings (SSSR count). The van der Waals surface area contributed by atoms with Crippen LogP contribution in [0.25, 0.3) is 11.1 Å². The Kier molecular flexibility index (Phi) is 6.54. The highest BCUT2D eigenvalue weighted by Gasteiger charge is 2.19. The number of likely N-dealkylation sites (tertiary alicyclic amines) is 1. The number of aliphatic hydroxyl groups is 2. The van der Waals surface area contributed by atoms with Gasteiger partial charge in [0.25, 0.3) is 0 Å². The van der Waals surface area contributed by atoms with E-state index in [9.17, 15) is 10.2 Å². The first-order valence-electron chi connectivity index (χ1n) is 9.11. The minimum atomic E-state index is -0.181. The summed E-state index contributed by atoms with van der Waals surface area (Å²) < 4.78 is 5.91. The third-order valence-corrected chi connectivity index (χ3v) is 5.38. The first kappa shape index (κ1) is 19.2.